The van der Waals surface area contributed by atoms with Crippen LogP contribution >= 0.6 is 39.0 Å². The summed E-state index contributed by atoms with van der Waals surface area (Å²) >= 11 is 6.45. The Labute approximate surface area is 93.5 Å². The van der Waals surface area contributed by atoms with Gasteiger partial charge in [0, 0.05) is 10.6 Å². The zero-order chi connectivity index (χ0) is 9.84. The highest BCUT2D eigenvalue weighted by molar-refractivity contribution is 9.11. The SMILES string of the molecule is CC(SCc1ccc(Br)s1)C(=O)O. The highest BCUT2D eigenvalue weighted by Crippen LogP contribution is 2.27. The van der Waals surface area contributed by atoms with Crippen molar-refractivity contribution in [1.29, 1.82) is 0 Å². The van der Waals surface area contributed by atoms with Crippen LogP contribution in [-0.4, -0.2) is 16.3 Å². The lowest BCUT2D eigenvalue weighted by atomic mass is 10.5. The van der Waals surface area contributed by atoms with Gasteiger partial charge in [0.15, 0.2) is 0 Å². The van der Waals surface area contributed by atoms with Crippen LogP contribution in [0.4, 0.5) is 0 Å². The molecule has 1 N–H and O–H groups in total. The Kier molecular flexibility index (Phi) is 4.28. The summed E-state index contributed by atoms with van der Waals surface area (Å²) in [7, 11) is 0. The first-order valence-corrected chi connectivity index (χ1v) is 6.34. The molecule has 0 aliphatic carbocycles. The number of halogens is 1. The van der Waals surface area contributed by atoms with E-state index >= 15 is 0 Å². The van der Waals surface area contributed by atoms with Gasteiger partial charge < -0.3 is 5.11 Å². The molecule has 1 aromatic heterocycles. The van der Waals surface area contributed by atoms with Crippen molar-refractivity contribution >= 4 is 45.0 Å². The molecule has 0 bridgehead atoms. The molecule has 1 atom stereocenters. The standard InChI is InChI=1S/C8H9BrO2S2/c1-5(8(10)11)12-4-6-2-3-7(9)13-6/h2-3,5H,4H2,1H3,(H,10,11). The first kappa shape index (κ1) is 11.1. The molecule has 0 saturated carbocycles. The third-order valence-corrected chi connectivity index (χ3v) is 4.44. The second-order valence-electron chi connectivity index (χ2n) is 2.50. The van der Waals surface area contributed by atoms with E-state index in [4.69, 9.17) is 5.11 Å². The van der Waals surface area contributed by atoms with Crippen molar-refractivity contribution in [2.75, 3.05) is 0 Å². The fourth-order valence-corrected chi connectivity index (χ4v) is 3.08. The second-order valence-corrected chi connectivity index (χ2v) is 6.37. The van der Waals surface area contributed by atoms with Crippen LogP contribution in [-0.2, 0) is 10.5 Å². The number of rotatable bonds is 4. The van der Waals surface area contributed by atoms with Gasteiger partial charge in [-0.15, -0.1) is 23.1 Å². The quantitative estimate of drug-likeness (QED) is 0.920. The zero-order valence-electron chi connectivity index (χ0n) is 6.99. The monoisotopic (exact) mass is 280 g/mol. The molecule has 72 valence electrons. The number of carboxylic acid groups (broad SMARTS) is 1. The molecule has 1 aromatic rings. The van der Waals surface area contributed by atoms with Crippen LogP contribution in [0, 0.1) is 0 Å². The maximum atomic E-state index is 10.5. The molecule has 13 heavy (non-hydrogen) atoms. The zero-order valence-corrected chi connectivity index (χ0v) is 10.2. The average Bonchev–Trinajstić information content (AvgIpc) is 2.47. The number of aliphatic carboxylic acids is 1. The summed E-state index contributed by atoms with van der Waals surface area (Å²) in [6.45, 7) is 1.70. The largest absolute Gasteiger partial charge is 0.480 e. The molecule has 0 radical (unpaired) electrons. The van der Waals surface area contributed by atoms with Crippen LogP contribution in [0.25, 0.3) is 0 Å². The van der Waals surface area contributed by atoms with Crippen molar-refractivity contribution in [3.8, 4) is 0 Å². The molecular formula is C8H9BrO2S2. The van der Waals surface area contributed by atoms with Gasteiger partial charge in [0.25, 0.3) is 0 Å². The van der Waals surface area contributed by atoms with E-state index in [1.165, 1.54) is 16.6 Å². The maximum Gasteiger partial charge on any atom is 0.316 e. The lowest BCUT2D eigenvalue weighted by molar-refractivity contribution is -0.136. The van der Waals surface area contributed by atoms with Crippen LogP contribution < -0.4 is 0 Å². The Morgan fingerprint density at radius 1 is 1.77 bits per heavy atom. The summed E-state index contributed by atoms with van der Waals surface area (Å²) in [6.07, 6.45) is 0. The first-order valence-electron chi connectivity index (χ1n) is 3.68. The van der Waals surface area contributed by atoms with E-state index in [9.17, 15) is 4.79 Å². The van der Waals surface area contributed by atoms with Crippen molar-refractivity contribution in [3.05, 3.63) is 20.8 Å². The third-order valence-electron chi connectivity index (χ3n) is 1.45. The van der Waals surface area contributed by atoms with Crippen LogP contribution in [0.15, 0.2) is 15.9 Å². The van der Waals surface area contributed by atoms with Gasteiger partial charge in [0.1, 0.15) is 0 Å². The molecular weight excluding hydrogens is 272 g/mol. The van der Waals surface area contributed by atoms with Crippen molar-refractivity contribution < 1.29 is 9.90 Å². The minimum Gasteiger partial charge on any atom is -0.480 e. The van der Waals surface area contributed by atoms with E-state index in [1.54, 1.807) is 18.3 Å². The summed E-state index contributed by atoms with van der Waals surface area (Å²) in [5.74, 6) is 0.0182. The predicted octanol–water partition coefficient (Wildman–Crippen LogP) is 3.22. The van der Waals surface area contributed by atoms with Gasteiger partial charge in [-0.05, 0) is 35.0 Å². The van der Waals surface area contributed by atoms with E-state index in [1.807, 2.05) is 12.1 Å². The minimum absolute atomic E-state index is 0.333. The summed E-state index contributed by atoms with van der Waals surface area (Å²) in [5, 5.41) is 8.31. The first-order chi connectivity index (χ1) is 6.09. The van der Waals surface area contributed by atoms with Crippen molar-refractivity contribution in [2.45, 2.75) is 17.9 Å². The van der Waals surface area contributed by atoms with Crippen LogP contribution in [0.3, 0.4) is 0 Å². The molecule has 1 unspecified atom stereocenters. The normalized spacial score (nSPS) is 12.8. The third kappa shape index (κ3) is 3.70. The van der Waals surface area contributed by atoms with Crippen molar-refractivity contribution in [1.82, 2.24) is 0 Å². The van der Waals surface area contributed by atoms with Gasteiger partial charge in [-0.2, -0.15) is 0 Å². The summed E-state index contributed by atoms with van der Waals surface area (Å²) in [5.41, 5.74) is 0. The highest BCUT2D eigenvalue weighted by atomic mass is 79.9. The number of hydrogen-bond donors (Lipinski definition) is 1. The summed E-state index contributed by atoms with van der Waals surface area (Å²) in [4.78, 5) is 11.7. The number of thioether (sulfide) groups is 1. The highest BCUT2D eigenvalue weighted by Gasteiger charge is 2.11. The number of carboxylic acids is 1. The van der Waals surface area contributed by atoms with Gasteiger partial charge >= 0.3 is 5.97 Å². The summed E-state index contributed by atoms with van der Waals surface area (Å²) in [6, 6.07) is 3.99. The Morgan fingerprint density at radius 2 is 2.46 bits per heavy atom. The average molecular weight is 281 g/mol. The van der Waals surface area contributed by atoms with Crippen molar-refractivity contribution in [2.24, 2.45) is 0 Å². The molecule has 2 nitrogen and oxygen atoms in total. The molecule has 0 amide bonds. The molecule has 0 aromatic carbocycles. The molecule has 1 heterocycles. The Morgan fingerprint density at radius 3 is 2.92 bits per heavy atom. The molecule has 0 fully saturated rings. The van der Waals surface area contributed by atoms with Gasteiger partial charge in [-0.3, -0.25) is 4.79 Å². The molecule has 5 heteroatoms. The van der Waals surface area contributed by atoms with Gasteiger partial charge in [-0.25, -0.2) is 0 Å². The van der Waals surface area contributed by atoms with Gasteiger partial charge in [-0.1, -0.05) is 0 Å². The van der Waals surface area contributed by atoms with Gasteiger partial charge in [0.2, 0.25) is 0 Å². The van der Waals surface area contributed by atoms with E-state index in [0.29, 0.717) is 0 Å². The maximum absolute atomic E-state index is 10.5. The van der Waals surface area contributed by atoms with E-state index < -0.39 is 5.97 Å². The van der Waals surface area contributed by atoms with E-state index in [-0.39, 0.29) is 5.25 Å². The lowest BCUT2D eigenvalue weighted by Gasteiger charge is -2.03. The fraction of sp³-hybridized carbons (Fsp3) is 0.375. The predicted molar refractivity (Wildman–Crippen MR) is 60.4 cm³/mol. The van der Waals surface area contributed by atoms with Crippen molar-refractivity contribution in [3.63, 3.8) is 0 Å². The van der Waals surface area contributed by atoms with E-state index in [2.05, 4.69) is 15.9 Å². The second kappa shape index (κ2) is 5.02. The topological polar surface area (TPSA) is 37.3 Å². The molecule has 1 rings (SSSR count). The number of hydrogen-bond acceptors (Lipinski definition) is 3. The molecule has 0 aliphatic heterocycles. The van der Waals surface area contributed by atoms with Gasteiger partial charge in [0.05, 0.1) is 9.04 Å². The van der Waals surface area contributed by atoms with Crippen LogP contribution in [0.5, 0.6) is 0 Å². The Balaban J connectivity index is 2.39. The van der Waals surface area contributed by atoms with Crippen LogP contribution in [0.2, 0.25) is 0 Å². The Hall–Kier alpha value is -0.000000000000000111. The number of carbonyl (C=O) groups is 1. The minimum atomic E-state index is -0.749. The molecule has 0 saturated heterocycles. The van der Waals surface area contributed by atoms with Crippen LogP contribution in [0.1, 0.15) is 11.8 Å². The summed E-state index contributed by atoms with van der Waals surface area (Å²) < 4.78 is 1.09. The molecule has 0 spiro atoms. The Bertz CT molecular complexity index is 298. The fourth-order valence-electron chi connectivity index (χ4n) is 0.708. The lowest BCUT2D eigenvalue weighted by Crippen LogP contribution is -2.11. The smallest absolute Gasteiger partial charge is 0.316 e. The van der Waals surface area contributed by atoms with E-state index in [0.717, 1.165) is 9.54 Å². The molecule has 0 aliphatic rings. The number of thiophene rings is 1.